The molecule has 0 radical (unpaired) electrons. The van der Waals surface area contributed by atoms with Crippen molar-refractivity contribution < 1.29 is 9.53 Å². The third-order valence-electron chi connectivity index (χ3n) is 1.99. The van der Waals surface area contributed by atoms with Crippen LogP contribution in [0.15, 0.2) is 29.6 Å². The summed E-state index contributed by atoms with van der Waals surface area (Å²) in [4.78, 5) is 21.7. The van der Waals surface area contributed by atoms with Gasteiger partial charge >= 0.3 is 0 Å². The van der Waals surface area contributed by atoms with Crippen molar-refractivity contribution in [1.29, 1.82) is 0 Å². The lowest BCUT2D eigenvalue weighted by atomic mass is 10.2. The molecule has 0 bridgehead atoms. The van der Waals surface area contributed by atoms with Crippen molar-refractivity contribution in [2.45, 2.75) is 13.3 Å². The summed E-state index contributed by atoms with van der Waals surface area (Å²) in [6.45, 7) is 2.66. The Bertz CT molecular complexity index is 362. The van der Waals surface area contributed by atoms with E-state index in [-0.39, 0.29) is 0 Å². The molecule has 0 aliphatic heterocycles. The summed E-state index contributed by atoms with van der Waals surface area (Å²) >= 11 is 0. The first-order valence-electron chi connectivity index (χ1n) is 5.03. The molecule has 16 heavy (non-hydrogen) atoms. The number of hydrogen-bond donors (Lipinski definition) is 0. The molecule has 0 aliphatic rings. The summed E-state index contributed by atoms with van der Waals surface area (Å²) < 4.78 is 5.37. The van der Waals surface area contributed by atoms with Gasteiger partial charge < -0.3 is 4.74 Å². The van der Waals surface area contributed by atoms with Crippen molar-refractivity contribution in [2.24, 2.45) is 5.29 Å². The minimum atomic E-state index is -0.433. The van der Waals surface area contributed by atoms with Gasteiger partial charge in [-0.2, -0.15) is 5.01 Å². The van der Waals surface area contributed by atoms with Crippen LogP contribution in [0.1, 0.15) is 23.7 Å². The molecule has 5 nitrogen and oxygen atoms in total. The van der Waals surface area contributed by atoms with Gasteiger partial charge in [-0.05, 0) is 30.7 Å². The minimum Gasteiger partial charge on any atom is -0.494 e. The Morgan fingerprint density at radius 1 is 1.38 bits per heavy atom. The number of nitroso groups, excluding NO2 is 1. The van der Waals surface area contributed by atoms with E-state index in [1.807, 2.05) is 6.92 Å². The molecule has 0 fully saturated rings. The van der Waals surface area contributed by atoms with Crippen LogP contribution in [0.25, 0.3) is 0 Å². The predicted octanol–water partition coefficient (Wildman–Crippen LogP) is 2.23. The maximum atomic E-state index is 11.5. The van der Waals surface area contributed by atoms with Crippen LogP contribution >= 0.6 is 0 Å². The number of rotatable bonds is 5. The fourth-order valence-electron chi connectivity index (χ4n) is 1.14. The molecule has 0 saturated carbocycles. The Kier molecular flexibility index (Phi) is 4.44. The van der Waals surface area contributed by atoms with Crippen LogP contribution < -0.4 is 4.74 Å². The SMILES string of the molecule is CCCOc1ccc(C(=O)N(C)N=O)cc1. The molecule has 0 atom stereocenters. The van der Waals surface area contributed by atoms with Crippen LogP contribution in [0, 0.1) is 4.91 Å². The largest absolute Gasteiger partial charge is 0.494 e. The van der Waals surface area contributed by atoms with Crippen molar-refractivity contribution in [3.8, 4) is 5.75 Å². The number of amides is 1. The summed E-state index contributed by atoms with van der Waals surface area (Å²) in [5.74, 6) is 0.275. The highest BCUT2D eigenvalue weighted by Gasteiger charge is 2.11. The number of carbonyl (C=O) groups excluding carboxylic acids is 1. The van der Waals surface area contributed by atoms with Crippen molar-refractivity contribution in [3.63, 3.8) is 0 Å². The highest BCUT2D eigenvalue weighted by atomic mass is 16.5. The number of carbonyl (C=O) groups is 1. The standard InChI is InChI=1S/C11H14N2O3/c1-3-8-16-10-6-4-9(5-7-10)11(14)13(2)12-15/h4-7H,3,8H2,1-2H3. The van der Waals surface area contributed by atoms with Gasteiger partial charge in [0.1, 0.15) is 5.75 Å². The first-order valence-corrected chi connectivity index (χ1v) is 5.03. The van der Waals surface area contributed by atoms with Gasteiger partial charge in [-0.15, -0.1) is 4.91 Å². The number of nitrogens with zero attached hydrogens (tertiary/aromatic N) is 2. The van der Waals surface area contributed by atoms with Crippen LogP contribution in [0.2, 0.25) is 0 Å². The van der Waals surface area contributed by atoms with E-state index in [9.17, 15) is 9.70 Å². The Labute approximate surface area is 94.0 Å². The first kappa shape index (κ1) is 12.2. The Morgan fingerprint density at radius 2 is 2.00 bits per heavy atom. The molecule has 1 rings (SSSR count). The lowest BCUT2D eigenvalue weighted by Gasteiger charge is -2.08. The Morgan fingerprint density at radius 3 is 2.50 bits per heavy atom. The zero-order chi connectivity index (χ0) is 12.0. The maximum Gasteiger partial charge on any atom is 0.276 e. The fraction of sp³-hybridized carbons (Fsp3) is 0.364. The summed E-state index contributed by atoms with van der Waals surface area (Å²) in [5.41, 5.74) is 0.408. The Balaban J connectivity index is 2.70. The summed E-state index contributed by atoms with van der Waals surface area (Å²) in [7, 11) is 1.32. The van der Waals surface area contributed by atoms with Crippen molar-refractivity contribution in [1.82, 2.24) is 5.01 Å². The third kappa shape index (κ3) is 3.05. The summed E-state index contributed by atoms with van der Waals surface area (Å²) in [6.07, 6.45) is 0.929. The van der Waals surface area contributed by atoms with E-state index in [1.54, 1.807) is 24.3 Å². The smallest absolute Gasteiger partial charge is 0.276 e. The molecule has 1 aromatic carbocycles. The molecular weight excluding hydrogens is 208 g/mol. The second-order valence-electron chi connectivity index (χ2n) is 3.28. The molecule has 5 heteroatoms. The summed E-state index contributed by atoms with van der Waals surface area (Å²) in [6, 6.07) is 6.60. The average Bonchev–Trinajstić information content (AvgIpc) is 2.35. The van der Waals surface area contributed by atoms with Crippen LogP contribution in [0.5, 0.6) is 5.75 Å². The topological polar surface area (TPSA) is 59.0 Å². The molecular formula is C11H14N2O3. The van der Waals surface area contributed by atoms with E-state index in [2.05, 4.69) is 5.29 Å². The molecule has 0 N–H and O–H groups in total. The van der Waals surface area contributed by atoms with Gasteiger partial charge in [-0.1, -0.05) is 6.92 Å². The molecule has 0 aromatic heterocycles. The summed E-state index contributed by atoms with van der Waals surface area (Å²) in [5, 5.41) is 3.29. The van der Waals surface area contributed by atoms with Crippen LogP contribution in [0.4, 0.5) is 0 Å². The number of benzene rings is 1. The highest BCUT2D eigenvalue weighted by Crippen LogP contribution is 2.13. The first-order chi connectivity index (χ1) is 7.69. The molecule has 0 heterocycles. The highest BCUT2D eigenvalue weighted by molar-refractivity contribution is 5.93. The molecule has 0 unspecified atom stereocenters. The van der Waals surface area contributed by atoms with Gasteiger partial charge in [0.05, 0.1) is 11.9 Å². The maximum absolute atomic E-state index is 11.5. The second kappa shape index (κ2) is 5.85. The van der Waals surface area contributed by atoms with E-state index in [0.29, 0.717) is 17.9 Å². The van der Waals surface area contributed by atoms with Gasteiger partial charge in [0.2, 0.25) is 0 Å². The molecule has 0 saturated heterocycles. The predicted molar refractivity (Wildman–Crippen MR) is 60.1 cm³/mol. The van der Waals surface area contributed by atoms with E-state index >= 15 is 0 Å². The lowest BCUT2D eigenvalue weighted by molar-refractivity contribution is 0.0796. The monoisotopic (exact) mass is 222 g/mol. The van der Waals surface area contributed by atoms with Gasteiger partial charge in [0, 0.05) is 12.6 Å². The molecule has 1 amide bonds. The fourth-order valence-corrected chi connectivity index (χ4v) is 1.14. The normalized spacial score (nSPS) is 9.62. The minimum absolute atomic E-state index is 0.408. The van der Waals surface area contributed by atoms with Gasteiger partial charge in [0.15, 0.2) is 0 Å². The van der Waals surface area contributed by atoms with Crippen molar-refractivity contribution >= 4 is 5.91 Å². The van der Waals surface area contributed by atoms with E-state index < -0.39 is 5.91 Å². The van der Waals surface area contributed by atoms with Gasteiger partial charge in [-0.3, -0.25) is 4.79 Å². The zero-order valence-electron chi connectivity index (χ0n) is 9.34. The molecule has 0 spiro atoms. The molecule has 86 valence electrons. The van der Waals surface area contributed by atoms with Crippen LogP contribution in [0.3, 0.4) is 0 Å². The third-order valence-corrected chi connectivity index (χ3v) is 1.99. The van der Waals surface area contributed by atoms with E-state index in [0.717, 1.165) is 11.4 Å². The number of hydrogen-bond acceptors (Lipinski definition) is 4. The van der Waals surface area contributed by atoms with Crippen LogP contribution in [-0.4, -0.2) is 24.6 Å². The van der Waals surface area contributed by atoms with Crippen molar-refractivity contribution in [2.75, 3.05) is 13.7 Å². The van der Waals surface area contributed by atoms with E-state index in [4.69, 9.17) is 4.74 Å². The zero-order valence-corrected chi connectivity index (χ0v) is 9.34. The van der Waals surface area contributed by atoms with Crippen molar-refractivity contribution in [3.05, 3.63) is 34.7 Å². The Hall–Kier alpha value is -1.91. The second-order valence-corrected chi connectivity index (χ2v) is 3.28. The number of ether oxygens (including phenoxy) is 1. The van der Waals surface area contributed by atoms with Crippen LogP contribution in [-0.2, 0) is 0 Å². The quantitative estimate of drug-likeness (QED) is 0.567. The van der Waals surface area contributed by atoms with Gasteiger partial charge in [-0.25, -0.2) is 0 Å². The lowest BCUT2D eigenvalue weighted by Crippen LogP contribution is -2.20. The molecule has 0 aliphatic carbocycles. The molecule has 1 aromatic rings. The average molecular weight is 222 g/mol. The van der Waals surface area contributed by atoms with E-state index in [1.165, 1.54) is 7.05 Å². The van der Waals surface area contributed by atoms with Gasteiger partial charge in [0.25, 0.3) is 5.91 Å².